The summed E-state index contributed by atoms with van der Waals surface area (Å²) in [7, 11) is 0. The monoisotopic (exact) mass is 573 g/mol. The van der Waals surface area contributed by atoms with Gasteiger partial charge in [0.05, 0.1) is 18.8 Å². The lowest BCUT2D eigenvalue weighted by atomic mass is 10.1. The minimum Gasteiger partial charge on any atom is -0.379 e. The Bertz CT molecular complexity index is 1200. The Balaban J connectivity index is 1.57. The predicted molar refractivity (Wildman–Crippen MR) is 139 cm³/mol. The number of hydrogen-bond donors (Lipinski definition) is 0. The van der Waals surface area contributed by atoms with Crippen LogP contribution in [0.2, 0.25) is 0 Å². The first kappa shape index (κ1) is 25.9. The van der Waals surface area contributed by atoms with Crippen LogP contribution in [-0.2, 0) is 15.7 Å². The molecule has 2 fully saturated rings. The Morgan fingerprint density at radius 2 is 1.49 bits per heavy atom. The van der Waals surface area contributed by atoms with Gasteiger partial charge in [0.15, 0.2) is 0 Å². The van der Waals surface area contributed by atoms with Crippen LogP contribution in [0.15, 0.2) is 83.3 Å². The van der Waals surface area contributed by atoms with Gasteiger partial charge < -0.3 is 4.74 Å². The van der Waals surface area contributed by atoms with E-state index in [4.69, 9.17) is 4.74 Å². The maximum absolute atomic E-state index is 14.1. The Kier molecular flexibility index (Phi) is 7.67. The molecule has 2 aliphatic rings. The Hall–Kier alpha value is -2.72. The summed E-state index contributed by atoms with van der Waals surface area (Å²) in [6.07, 6.45) is -4.92. The number of alkyl halides is 3. The fourth-order valence-electron chi connectivity index (χ4n) is 5.04. The SMILES string of the molecule is O=C1C(c2ccc(Br)cc2)N(CCN2CCOCC2)C(c2ccccc2)N1c1ccc(C(F)(F)F)cc1. The quantitative estimate of drug-likeness (QED) is 0.368. The van der Waals surface area contributed by atoms with Gasteiger partial charge in [-0.15, -0.1) is 0 Å². The molecule has 3 aromatic rings. The van der Waals surface area contributed by atoms with Crippen molar-refractivity contribution in [3.8, 4) is 0 Å². The number of hydrogen-bond acceptors (Lipinski definition) is 4. The van der Waals surface area contributed by atoms with Crippen LogP contribution in [0, 0.1) is 0 Å². The van der Waals surface area contributed by atoms with Gasteiger partial charge in [0.25, 0.3) is 5.91 Å². The van der Waals surface area contributed by atoms with Crippen molar-refractivity contribution in [1.29, 1.82) is 0 Å². The number of carbonyl (C=O) groups excluding carboxylic acids is 1. The van der Waals surface area contributed by atoms with Gasteiger partial charge in [0.1, 0.15) is 12.2 Å². The van der Waals surface area contributed by atoms with Gasteiger partial charge in [0, 0.05) is 36.3 Å². The molecule has 2 atom stereocenters. The number of morpholine rings is 1. The molecule has 2 saturated heterocycles. The zero-order chi connectivity index (χ0) is 26.0. The van der Waals surface area contributed by atoms with Crippen LogP contribution >= 0.6 is 15.9 Å². The van der Waals surface area contributed by atoms with E-state index in [0.717, 1.165) is 47.4 Å². The van der Waals surface area contributed by atoms with E-state index in [-0.39, 0.29) is 5.91 Å². The second-order valence-corrected chi connectivity index (χ2v) is 10.1. The summed E-state index contributed by atoms with van der Waals surface area (Å²) in [4.78, 5) is 20.3. The first-order valence-electron chi connectivity index (χ1n) is 12.2. The van der Waals surface area contributed by atoms with E-state index < -0.39 is 23.9 Å². The highest BCUT2D eigenvalue weighted by Gasteiger charge is 2.48. The minimum absolute atomic E-state index is 0.169. The molecule has 0 bridgehead atoms. The predicted octanol–water partition coefficient (Wildman–Crippen LogP) is 5.89. The highest BCUT2D eigenvalue weighted by molar-refractivity contribution is 9.10. The van der Waals surface area contributed by atoms with Gasteiger partial charge in [0.2, 0.25) is 0 Å². The second kappa shape index (κ2) is 10.9. The number of nitrogens with zero attached hydrogens (tertiary/aromatic N) is 3. The summed E-state index contributed by atoms with van der Waals surface area (Å²) in [5.41, 5.74) is 1.43. The fourth-order valence-corrected chi connectivity index (χ4v) is 5.31. The lowest BCUT2D eigenvalue weighted by Crippen LogP contribution is -2.42. The standard InChI is InChI=1S/C28H27BrF3N3O2/c29-23-10-6-20(7-11-23)25-27(36)35(24-12-8-22(9-13-24)28(30,31)32)26(21-4-2-1-3-5-21)34(25)15-14-33-16-18-37-19-17-33/h1-13,25-26H,14-19H2. The third kappa shape index (κ3) is 5.60. The number of benzene rings is 3. The average molecular weight is 574 g/mol. The zero-order valence-electron chi connectivity index (χ0n) is 20.1. The normalized spacial score (nSPS) is 21.5. The summed E-state index contributed by atoms with van der Waals surface area (Å²) < 4.78 is 46.2. The molecule has 3 aromatic carbocycles. The summed E-state index contributed by atoms with van der Waals surface area (Å²) in [6, 6.07) is 21.6. The lowest BCUT2D eigenvalue weighted by molar-refractivity contribution is -0.137. The molecule has 0 radical (unpaired) electrons. The van der Waals surface area contributed by atoms with E-state index in [1.807, 2.05) is 54.6 Å². The second-order valence-electron chi connectivity index (χ2n) is 9.18. The molecular weight excluding hydrogens is 547 g/mol. The number of carbonyl (C=O) groups is 1. The molecular formula is C28H27BrF3N3O2. The van der Waals surface area contributed by atoms with E-state index in [9.17, 15) is 18.0 Å². The minimum atomic E-state index is -4.45. The first-order chi connectivity index (χ1) is 17.8. The first-order valence-corrected chi connectivity index (χ1v) is 13.0. The molecule has 5 nitrogen and oxygen atoms in total. The van der Waals surface area contributed by atoms with Crippen molar-refractivity contribution in [3.05, 3.63) is 100 Å². The third-order valence-corrected chi connectivity index (χ3v) is 7.42. The summed E-state index contributed by atoms with van der Waals surface area (Å²) in [5, 5.41) is 0. The van der Waals surface area contributed by atoms with Crippen LogP contribution in [0.25, 0.3) is 0 Å². The van der Waals surface area contributed by atoms with Gasteiger partial charge in [-0.1, -0.05) is 58.4 Å². The van der Waals surface area contributed by atoms with Crippen molar-refractivity contribution in [2.45, 2.75) is 18.4 Å². The van der Waals surface area contributed by atoms with Gasteiger partial charge in [-0.05, 0) is 47.5 Å². The molecule has 0 spiro atoms. The van der Waals surface area contributed by atoms with Crippen molar-refractivity contribution >= 4 is 27.5 Å². The van der Waals surface area contributed by atoms with Crippen LogP contribution in [0.4, 0.5) is 18.9 Å². The van der Waals surface area contributed by atoms with Gasteiger partial charge in [-0.2, -0.15) is 13.2 Å². The molecule has 0 saturated carbocycles. The molecule has 0 N–H and O–H groups in total. The number of amides is 1. The third-order valence-electron chi connectivity index (χ3n) is 6.90. The van der Waals surface area contributed by atoms with Gasteiger partial charge >= 0.3 is 6.18 Å². The Morgan fingerprint density at radius 3 is 2.11 bits per heavy atom. The number of anilines is 1. The van der Waals surface area contributed by atoms with Crippen molar-refractivity contribution < 1.29 is 22.7 Å². The Labute approximate surface area is 222 Å². The molecule has 9 heteroatoms. The maximum atomic E-state index is 14.1. The van der Waals surface area contributed by atoms with Crippen molar-refractivity contribution in [2.75, 3.05) is 44.3 Å². The van der Waals surface area contributed by atoms with Crippen molar-refractivity contribution in [2.24, 2.45) is 0 Å². The molecule has 2 unspecified atom stereocenters. The molecule has 1 amide bonds. The highest BCUT2D eigenvalue weighted by atomic mass is 79.9. The summed E-state index contributed by atoms with van der Waals surface area (Å²) in [6.45, 7) is 4.34. The van der Waals surface area contributed by atoms with Gasteiger partial charge in [-0.3, -0.25) is 19.5 Å². The molecule has 5 rings (SSSR count). The number of rotatable bonds is 6. The molecule has 37 heavy (non-hydrogen) atoms. The molecule has 2 heterocycles. The number of ether oxygens (including phenoxy) is 1. The summed E-state index contributed by atoms with van der Waals surface area (Å²) >= 11 is 3.47. The highest BCUT2D eigenvalue weighted by Crippen LogP contribution is 2.45. The Morgan fingerprint density at radius 1 is 0.838 bits per heavy atom. The lowest BCUT2D eigenvalue weighted by Gasteiger charge is -2.34. The van der Waals surface area contributed by atoms with Crippen LogP contribution in [-0.4, -0.2) is 55.1 Å². The van der Waals surface area contributed by atoms with E-state index in [1.54, 1.807) is 4.90 Å². The van der Waals surface area contributed by atoms with Crippen LogP contribution in [0.5, 0.6) is 0 Å². The fraction of sp³-hybridized carbons (Fsp3) is 0.321. The van der Waals surface area contributed by atoms with Crippen molar-refractivity contribution in [3.63, 3.8) is 0 Å². The number of halogens is 4. The van der Waals surface area contributed by atoms with Crippen LogP contribution in [0.1, 0.15) is 28.9 Å². The molecule has 194 valence electrons. The largest absolute Gasteiger partial charge is 0.416 e. The molecule has 0 aromatic heterocycles. The summed E-state index contributed by atoms with van der Waals surface area (Å²) in [5.74, 6) is -0.169. The van der Waals surface area contributed by atoms with E-state index in [0.29, 0.717) is 25.4 Å². The van der Waals surface area contributed by atoms with E-state index >= 15 is 0 Å². The van der Waals surface area contributed by atoms with Crippen LogP contribution in [0.3, 0.4) is 0 Å². The smallest absolute Gasteiger partial charge is 0.379 e. The van der Waals surface area contributed by atoms with E-state index in [2.05, 4.69) is 25.7 Å². The maximum Gasteiger partial charge on any atom is 0.416 e. The van der Waals surface area contributed by atoms with Crippen molar-refractivity contribution in [1.82, 2.24) is 9.80 Å². The van der Waals surface area contributed by atoms with Gasteiger partial charge in [-0.25, -0.2) is 0 Å². The molecule has 0 aliphatic carbocycles. The molecule has 2 aliphatic heterocycles. The average Bonchev–Trinajstić information content (AvgIpc) is 3.20. The van der Waals surface area contributed by atoms with E-state index in [1.165, 1.54) is 12.1 Å². The topological polar surface area (TPSA) is 36.0 Å². The zero-order valence-corrected chi connectivity index (χ0v) is 21.7. The van der Waals surface area contributed by atoms with Crippen LogP contribution < -0.4 is 4.90 Å².